The molecule has 0 radical (unpaired) electrons. The molecule has 0 saturated heterocycles. The highest BCUT2D eigenvalue weighted by atomic mass is 19.1. The minimum absolute atomic E-state index is 0.294. The van der Waals surface area contributed by atoms with Crippen LogP contribution in [0.25, 0.3) is 10.9 Å². The Hall–Kier alpha value is -1.64. The fraction of sp³-hybridized carbons (Fsp3) is 0.357. The van der Waals surface area contributed by atoms with Gasteiger partial charge in [-0.05, 0) is 43.0 Å². The van der Waals surface area contributed by atoms with Crippen LogP contribution < -0.4 is 5.73 Å². The number of benzene rings is 1. The molecule has 1 aromatic carbocycles. The average molecular weight is 232 g/mol. The van der Waals surface area contributed by atoms with Crippen molar-refractivity contribution in [2.45, 2.75) is 27.2 Å². The van der Waals surface area contributed by atoms with Crippen molar-refractivity contribution in [3.8, 4) is 0 Å². The molecule has 2 rings (SSSR count). The summed E-state index contributed by atoms with van der Waals surface area (Å²) in [6.45, 7) is 6.06. The van der Waals surface area contributed by atoms with Crippen LogP contribution in [0, 0.1) is 18.7 Å². The highest BCUT2D eigenvalue weighted by Crippen LogP contribution is 2.25. The van der Waals surface area contributed by atoms with Crippen LogP contribution in [0.5, 0.6) is 0 Å². The molecule has 2 N–H and O–H groups in total. The van der Waals surface area contributed by atoms with E-state index in [0.717, 1.165) is 17.7 Å². The van der Waals surface area contributed by atoms with E-state index in [9.17, 15) is 4.39 Å². The SMILES string of the molecule is Cc1cc(F)c2nc(CC(C)C)cc(N)c2c1. The van der Waals surface area contributed by atoms with E-state index < -0.39 is 0 Å². The van der Waals surface area contributed by atoms with E-state index in [-0.39, 0.29) is 5.82 Å². The molecule has 0 spiro atoms. The number of nitrogens with zero attached hydrogens (tertiary/aromatic N) is 1. The monoisotopic (exact) mass is 232 g/mol. The number of aromatic nitrogens is 1. The third-order valence-electron chi connectivity index (χ3n) is 2.71. The first-order valence-corrected chi connectivity index (χ1v) is 5.82. The molecule has 3 heteroatoms. The van der Waals surface area contributed by atoms with Gasteiger partial charge in [-0.1, -0.05) is 13.8 Å². The Balaban J connectivity index is 2.64. The molecule has 0 bridgehead atoms. The van der Waals surface area contributed by atoms with Gasteiger partial charge in [-0.3, -0.25) is 0 Å². The summed E-state index contributed by atoms with van der Waals surface area (Å²) in [6, 6.07) is 5.22. The maximum Gasteiger partial charge on any atom is 0.149 e. The van der Waals surface area contributed by atoms with Crippen molar-refractivity contribution in [2.24, 2.45) is 5.92 Å². The Labute approximate surface area is 101 Å². The molecular weight excluding hydrogens is 215 g/mol. The molecule has 0 fully saturated rings. The Kier molecular flexibility index (Phi) is 3.01. The highest BCUT2D eigenvalue weighted by Gasteiger charge is 2.09. The molecule has 0 saturated carbocycles. The first-order valence-electron chi connectivity index (χ1n) is 5.82. The van der Waals surface area contributed by atoms with Gasteiger partial charge < -0.3 is 5.73 Å². The molecule has 2 nitrogen and oxygen atoms in total. The minimum Gasteiger partial charge on any atom is -0.398 e. The lowest BCUT2D eigenvalue weighted by Gasteiger charge is -2.09. The molecule has 0 aliphatic heterocycles. The molecular formula is C14H17FN2. The van der Waals surface area contributed by atoms with Crippen molar-refractivity contribution in [1.29, 1.82) is 0 Å². The van der Waals surface area contributed by atoms with Gasteiger partial charge in [-0.25, -0.2) is 9.37 Å². The number of pyridine rings is 1. The number of hydrogen-bond donors (Lipinski definition) is 1. The number of hydrogen-bond acceptors (Lipinski definition) is 2. The van der Waals surface area contributed by atoms with Crippen LogP contribution in [0.1, 0.15) is 25.1 Å². The van der Waals surface area contributed by atoms with E-state index in [2.05, 4.69) is 18.8 Å². The zero-order valence-electron chi connectivity index (χ0n) is 10.4. The van der Waals surface area contributed by atoms with Gasteiger partial charge in [0.05, 0.1) is 0 Å². The van der Waals surface area contributed by atoms with Crippen molar-refractivity contribution in [3.05, 3.63) is 35.3 Å². The topological polar surface area (TPSA) is 38.9 Å². The van der Waals surface area contributed by atoms with Crippen LogP contribution >= 0.6 is 0 Å². The van der Waals surface area contributed by atoms with E-state index in [1.165, 1.54) is 6.07 Å². The summed E-state index contributed by atoms with van der Waals surface area (Å²) in [7, 11) is 0. The fourth-order valence-corrected chi connectivity index (χ4v) is 2.02. The molecule has 90 valence electrons. The van der Waals surface area contributed by atoms with Gasteiger partial charge >= 0.3 is 0 Å². The van der Waals surface area contributed by atoms with Gasteiger partial charge in [0.15, 0.2) is 0 Å². The zero-order valence-corrected chi connectivity index (χ0v) is 10.4. The first-order chi connectivity index (χ1) is 7.97. The molecule has 0 unspecified atom stereocenters. The summed E-state index contributed by atoms with van der Waals surface area (Å²) >= 11 is 0. The van der Waals surface area contributed by atoms with Crippen LogP contribution in [0.4, 0.5) is 10.1 Å². The lowest BCUT2D eigenvalue weighted by Crippen LogP contribution is -2.01. The summed E-state index contributed by atoms with van der Waals surface area (Å²) in [4.78, 5) is 4.36. The Bertz CT molecular complexity index is 562. The standard InChI is InChI=1S/C14H17FN2/c1-8(2)4-10-7-13(16)11-5-9(3)6-12(15)14(11)17-10/h5-8H,4H2,1-3H3,(H2,16,17). The molecule has 0 aliphatic carbocycles. The van der Waals surface area contributed by atoms with E-state index in [1.807, 2.05) is 19.1 Å². The van der Waals surface area contributed by atoms with Gasteiger partial charge in [-0.2, -0.15) is 0 Å². The summed E-state index contributed by atoms with van der Waals surface area (Å²) in [5, 5.41) is 0.704. The minimum atomic E-state index is -0.294. The maximum atomic E-state index is 13.8. The lowest BCUT2D eigenvalue weighted by molar-refractivity contribution is 0.625. The molecule has 0 aliphatic rings. The number of halogens is 1. The van der Waals surface area contributed by atoms with Crippen LogP contribution in [0.15, 0.2) is 18.2 Å². The maximum absolute atomic E-state index is 13.8. The average Bonchev–Trinajstić information content (AvgIpc) is 2.19. The van der Waals surface area contributed by atoms with Crippen molar-refractivity contribution in [3.63, 3.8) is 0 Å². The van der Waals surface area contributed by atoms with Gasteiger partial charge in [0.1, 0.15) is 11.3 Å². The van der Waals surface area contributed by atoms with Gasteiger partial charge in [0, 0.05) is 16.8 Å². The third kappa shape index (κ3) is 2.38. The number of fused-ring (bicyclic) bond motifs is 1. The predicted octanol–water partition coefficient (Wildman–Crippen LogP) is 3.46. The van der Waals surface area contributed by atoms with E-state index in [0.29, 0.717) is 22.5 Å². The smallest absolute Gasteiger partial charge is 0.149 e. The molecule has 17 heavy (non-hydrogen) atoms. The number of nitrogen functional groups attached to an aromatic ring is 1. The summed E-state index contributed by atoms with van der Waals surface area (Å²) in [5.74, 6) is 0.185. The Morgan fingerprint density at radius 1 is 1.29 bits per heavy atom. The highest BCUT2D eigenvalue weighted by molar-refractivity contribution is 5.91. The molecule has 2 aromatic rings. The number of nitrogens with two attached hydrogens (primary N) is 1. The quantitative estimate of drug-likeness (QED) is 0.861. The number of rotatable bonds is 2. The van der Waals surface area contributed by atoms with Crippen molar-refractivity contribution >= 4 is 16.6 Å². The van der Waals surface area contributed by atoms with Gasteiger partial charge in [-0.15, -0.1) is 0 Å². The second kappa shape index (κ2) is 4.32. The summed E-state index contributed by atoms with van der Waals surface area (Å²) < 4.78 is 13.8. The fourth-order valence-electron chi connectivity index (χ4n) is 2.02. The summed E-state index contributed by atoms with van der Waals surface area (Å²) in [6.07, 6.45) is 0.813. The number of anilines is 1. The second-order valence-corrected chi connectivity index (χ2v) is 4.94. The third-order valence-corrected chi connectivity index (χ3v) is 2.71. The normalized spacial score (nSPS) is 11.4. The Morgan fingerprint density at radius 3 is 2.65 bits per heavy atom. The lowest BCUT2D eigenvalue weighted by atomic mass is 10.0. The van der Waals surface area contributed by atoms with E-state index in [1.54, 1.807) is 0 Å². The largest absolute Gasteiger partial charge is 0.398 e. The van der Waals surface area contributed by atoms with Crippen LogP contribution in [-0.4, -0.2) is 4.98 Å². The van der Waals surface area contributed by atoms with Crippen molar-refractivity contribution in [2.75, 3.05) is 5.73 Å². The van der Waals surface area contributed by atoms with Crippen LogP contribution in [0.2, 0.25) is 0 Å². The van der Waals surface area contributed by atoms with Crippen molar-refractivity contribution in [1.82, 2.24) is 4.98 Å². The van der Waals surface area contributed by atoms with Crippen LogP contribution in [0.3, 0.4) is 0 Å². The molecule has 1 heterocycles. The zero-order chi connectivity index (χ0) is 12.6. The van der Waals surface area contributed by atoms with E-state index >= 15 is 0 Å². The molecule has 0 amide bonds. The molecule has 1 aromatic heterocycles. The Morgan fingerprint density at radius 2 is 2.00 bits per heavy atom. The van der Waals surface area contributed by atoms with Crippen LogP contribution in [-0.2, 0) is 6.42 Å². The number of aryl methyl sites for hydroxylation is 1. The predicted molar refractivity (Wildman–Crippen MR) is 69.4 cm³/mol. The van der Waals surface area contributed by atoms with Crippen molar-refractivity contribution < 1.29 is 4.39 Å². The first kappa shape index (κ1) is 11.8. The van der Waals surface area contributed by atoms with E-state index in [4.69, 9.17) is 5.73 Å². The summed E-state index contributed by atoms with van der Waals surface area (Å²) in [5.41, 5.74) is 8.67. The molecule has 0 atom stereocenters. The van der Waals surface area contributed by atoms with Gasteiger partial charge in [0.2, 0.25) is 0 Å². The van der Waals surface area contributed by atoms with Gasteiger partial charge in [0.25, 0.3) is 0 Å². The second-order valence-electron chi connectivity index (χ2n) is 4.94.